The topological polar surface area (TPSA) is 76.8 Å². The Morgan fingerprint density at radius 2 is 1.61 bits per heavy atom. The van der Waals surface area contributed by atoms with Crippen LogP contribution in [0.5, 0.6) is 11.5 Å². The number of methoxy groups -OCH3 is 2. The van der Waals surface area contributed by atoms with Gasteiger partial charge in [0.2, 0.25) is 5.91 Å². The summed E-state index contributed by atoms with van der Waals surface area (Å²) in [6.07, 6.45) is 4.56. The lowest BCUT2D eigenvalue weighted by Gasteiger charge is -2.37. The fourth-order valence-corrected chi connectivity index (χ4v) is 5.10. The van der Waals surface area contributed by atoms with Crippen molar-refractivity contribution in [1.82, 2.24) is 10.2 Å². The van der Waals surface area contributed by atoms with E-state index >= 15 is 0 Å². The summed E-state index contributed by atoms with van der Waals surface area (Å²) >= 11 is 0. The van der Waals surface area contributed by atoms with E-state index < -0.39 is 0 Å². The van der Waals surface area contributed by atoms with Crippen molar-refractivity contribution < 1.29 is 14.3 Å². The van der Waals surface area contributed by atoms with E-state index in [0.717, 1.165) is 68.8 Å². The summed E-state index contributed by atoms with van der Waals surface area (Å²) in [5, 5.41) is 3.27. The highest BCUT2D eigenvalue weighted by atomic mass is 35.5. The monoisotopic (exact) mass is 473 g/mol. The van der Waals surface area contributed by atoms with Gasteiger partial charge in [0.1, 0.15) is 11.5 Å². The van der Waals surface area contributed by atoms with Gasteiger partial charge in [0.15, 0.2) is 0 Å². The van der Waals surface area contributed by atoms with Crippen molar-refractivity contribution in [3.05, 3.63) is 59.7 Å². The zero-order valence-corrected chi connectivity index (χ0v) is 20.4. The van der Waals surface area contributed by atoms with E-state index in [9.17, 15) is 4.79 Å². The van der Waals surface area contributed by atoms with Gasteiger partial charge in [-0.3, -0.25) is 4.79 Å². The van der Waals surface area contributed by atoms with Crippen LogP contribution in [0.1, 0.15) is 42.9 Å². The Labute approximate surface area is 203 Å². The third kappa shape index (κ3) is 5.99. The molecule has 2 heterocycles. The second-order valence-corrected chi connectivity index (χ2v) is 9.22. The SMILES string of the molecule is COc1ccc(CC2CC3(CCN(CCC(N)c4ccc(OC)cc4)CC3)C(=O)N2)cc1.Cl. The molecule has 0 aromatic heterocycles. The molecule has 7 heteroatoms. The van der Waals surface area contributed by atoms with E-state index in [1.54, 1.807) is 14.2 Å². The molecule has 0 bridgehead atoms. The minimum Gasteiger partial charge on any atom is -0.497 e. The number of carbonyl (C=O) groups excluding carboxylic acids is 1. The molecule has 3 N–H and O–H groups in total. The Balaban J connectivity index is 0.00000306. The molecule has 1 amide bonds. The summed E-state index contributed by atoms with van der Waals surface area (Å²) in [6, 6.07) is 16.4. The average Bonchev–Trinajstić information content (AvgIpc) is 3.13. The molecule has 2 fully saturated rings. The maximum Gasteiger partial charge on any atom is 0.226 e. The number of carbonyl (C=O) groups is 1. The van der Waals surface area contributed by atoms with Crippen LogP contribution in [0, 0.1) is 5.41 Å². The largest absolute Gasteiger partial charge is 0.497 e. The fourth-order valence-electron chi connectivity index (χ4n) is 5.10. The zero-order valence-electron chi connectivity index (χ0n) is 19.6. The second kappa shape index (κ2) is 11.2. The van der Waals surface area contributed by atoms with Crippen molar-refractivity contribution in [1.29, 1.82) is 0 Å². The molecule has 2 aromatic rings. The van der Waals surface area contributed by atoms with Gasteiger partial charge in [-0.1, -0.05) is 24.3 Å². The van der Waals surface area contributed by atoms with Crippen LogP contribution in [0.25, 0.3) is 0 Å². The number of piperidine rings is 1. The van der Waals surface area contributed by atoms with Crippen LogP contribution in [0.2, 0.25) is 0 Å². The molecule has 2 saturated heterocycles. The minimum atomic E-state index is -0.203. The number of amides is 1. The molecule has 1 spiro atoms. The number of halogens is 1. The molecule has 2 atom stereocenters. The van der Waals surface area contributed by atoms with Crippen LogP contribution in [0.3, 0.4) is 0 Å². The summed E-state index contributed by atoms with van der Waals surface area (Å²) in [5.41, 5.74) is 8.58. The fraction of sp³-hybridized carbons (Fsp3) is 0.500. The van der Waals surface area contributed by atoms with Crippen molar-refractivity contribution in [3.8, 4) is 11.5 Å². The van der Waals surface area contributed by atoms with E-state index in [1.807, 2.05) is 36.4 Å². The predicted octanol–water partition coefficient (Wildman–Crippen LogP) is 3.73. The molecule has 0 saturated carbocycles. The molecule has 180 valence electrons. The van der Waals surface area contributed by atoms with Crippen molar-refractivity contribution in [2.45, 2.75) is 44.2 Å². The van der Waals surface area contributed by atoms with Gasteiger partial charge in [-0.2, -0.15) is 0 Å². The van der Waals surface area contributed by atoms with E-state index in [4.69, 9.17) is 15.2 Å². The van der Waals surface area contributed by atoms with Crippen molar-refractivity contribution in [2.75, 3.05) is 33.9 Å². The van der Waals surface area contributed by atoms with E-state index in [-0.39, 0.29) is 35.8 Å². The van der Waals surface area contributed by atoms with Gasteiger partial charge in [0.05, 0.1) is 19.6 Å². The Kier molecular flexibility index (Phi) is 8.63. The van der Waals surface area contributed by atoms with E-state index in [2.05, 4.69) is 22.3 Å². The first kappa shape index (κ1) is 25.3. The van der Waals surface area contributed by atoms with Gasteiger partial charge >= 0.3 is 0 Å². The van der Waals surface area contributed by atoms with Gasteiger partial charge in [-0.05, 0) is 87.1 Å². The van der Waals surface area contributed by atoms with Crippen LogP contribution in [0.4, 0.5) is 0 Å². The third-order valence-electron chi connectivity index (χ3n) is 7.21. The van der Waals surface area contributed by atoms with Gasteiger partial charge in [-0.25, -0.2) is 0 Å². The lowest BCUT2D eigenvalue weighted by molar-refractivity contribution is -0.130. The number of nitrogens with two attached hydrogens (primary N) is 1. The zero-order chi connectivity index (χ0) is 22.6. The van der Waals surface area contributed by atoms with Gasteiger partial charge in [-0.15, -0.1) is 12.4 Å². The Morgan fingerprint density at radius 3 is 2.18 bits per heavy atom. The number of hydrogen-bond acceptors (Lipinski definition) is 5. The van der Waals surface area contributed by atoms with Gasteiger partial charge in [0.25, 0.3) is 0 Å². The summed E-state index contributed by atoms with van der Waals surface area (Å²) in [5.74, 6) is 1.95. The van der Waals surface area contributed by atoms with Crippen molar-refractivity contribution in [3.63, 3.8) is 0 Å². The highest BCUT2D eigenvalue weighted by Crippen LogP contribution is 2.41. The standard InChI is InChI=1S/C26H35N3O3.ClH/c1-31-22-7-3-19(4-8-22)17-21-18-26(25(30)28-21)12-15-29(16-13-26)14-11-24(27)20-5-9-23(32-2)10-6-20;/h3-10,21,24H,11-18,27H2,1-2H3,(H,28,30);1H. The van der Waals surface area contributed by atoms with Crippen molar-refractivity contribution in [2.24, 2.45) is 11.1 Å². The van der Waals surface area contributed by atoms with E-state index in [1.165, 1.54) is 5.56 Å². The predicted molar refractivity (Wildman–Crippen MR) is 133 cm³/mol. The molecule has 2 aliphatic heterocycles. The first-order valence-corrected chi connectivity index (χ1v) is 11.6. The number of nitrogens with one attached hydrogen (secondary N) is 1. The van der Waals surface area contributed by atoms with Crippen LogP contribution < -0.4 is 20.5 Å². The summed E-state index contributed by atoms with van der Waals surface area (Å²) < 4.78 is 10.5. The molecule has 6 nitrogen and oxygen atoms in total. The maximum absolute atomic E-state index is 12.9. The molecule has 2 aromatic carbocycles. The number of rotatable bonds is 8. The first-order valence-electron chi connectivity index (χ1n) is 11.6. The Hall–Kier alpha value is -2.28. The van der Waals surface area contributed by atoms with Gasteiger partial charge in [0, 0.05) is 12.1 Å². The van der Waals surface area contributed by atoms with Crippen LogP contribution in [-0.2, 0) is 11.2 Å². The summed E-state index contributed by atoms with van der Waals surface area (Å²) in [7, 11) is 3.35. The third-order valence-corrected chi connectivity index (χ3v) is 7.21. The molecule has 0 radical (unpaired) electrons. The lowest BCUT2D eigenvalue weighted by atomic mass is 9.75. The normalized spacial score (nSPS) is 20.7. The first-order chi connectivity index (χ1) is 15.5. The number of ether oxygens (including phenoxy) is 2. The van der Waals surface area contributed by atoms with E-state index in [0.29, 0.717) is 0 Å². The molecular weight excluding hydrogens is 438 g/mol. The van der Waals surface area contributed by atoms with Gasteiger partial charge < -0.3 is 25.4 Å². The molecular formula is C26H36ClN3O3. The van der Waals surface area contributed by atoms with Crippen LogP contribution in [-0.4, -0.2) is 50.7 Å². The molecule has 33 heavy (non-hydrogen) atoms. The molecule has 4 rings (SSSR count). The molecule has 2 unspecified atom stereocenters. The number of likely N-dealkylation sites (tertiary alicyclic amines) is 1. The highest BCUT2D eigenvalue weighted by molar-refractivity contribution is 5.85. The highest BCUT2D eigenvalue weighted by Gasteiger charge is 2.47. The smallest absolute Gasteiger partial charge is 0.226 e. The second-order valence-electron chi connectivity index (χ2n) is 9.22. The Morgan fingerprint density at radius 1 is 1.03 bits per heavy atom. The average molecular weight is 474 g/mol. The van der Waals surface area contributed by atoms with Crippen LogP contribution in [0.15, 0.2) is 48.5 Å². The van der Waals surface area contributed by atoms with Crippen molar-refractivity contribution >= 4 is 18.3 Å². The number of nitrogens with zero attached hydrogens (tertiary/aromatic N) is 1. The summed E-state index contributed by atoms with van der Waals surface area (Å²) in [6.45, 7) is 2.87. The van der Waals surface area contributed by atoms with Crippen LogP contribution >= 0.6 is 12.4 Å². The molecule has 2 aliphatic rings. The maximum atomic E-state index is 12.9. The number of benzene rings is 2. The Bertz CT molecular complexity index is 896. The quantitative estimate of drug-likeness (QED) is 0.611. The molecule has 0 aliphatic carbocycles. The lowest BCUT2D eigenvalue weighted by Crippen LogP contribution is -2.44. The summed E-state index contributed by atoms with van der Waals surface area (Å²) in [4.78, 5) is 15.3. The minimum absolute atomic E-state index is 0. The number of hydrogen-bond donors (Lipinski definition) is 2.